The van der Waals surface area contributed by atoms with Crippen LogP contribution in [0.25, 0.3) is 23.2 Å². The van der Waals surface area contributed by atoms with Gasteiger partial charge in [0.1, 0.15) is 16.4 Å². The number of aliphatic carboxylic acids is 1. The molecule has 0 fully saturated rings. The minimum Gasteiger partial charge on any atom is -0.497 e. The van der Waals surface area contributed by atoms with Crippen LogP contribution in [0.1, 0.15) is 34.2 Å². The maximum atomic E-state index is 12.1. The van der Waals surface area contributed by atoms with Crippen molar-refractivity contribution >= 4 is 29.8 Å². The van der Waals surface area contributed by atoms with Gasteiger partial charge in [-0.1, -0.05) is 0 Å². The number of hydrogen-bond donors (Lipinski definition) is 2. The minimum absolute atomic E-state index is 0.0571. The number of aromatic nitrogens is 4. The zero-order chi connectivity index (χ0) is 28.1. The van der Waals surface area contributed by atoms with Crippen LogP contribution < -0.4 is 9.47 Å². The lowest BCUT2D eigenvalue weighted by molar-refractivity contribution is -0.131. The van der Waals surface area contributed by atoms with Crippen LogP contribution in [0, 0.1) is 13.8 Å². The number of hydrogen-bond acceptors (Lipinski definition) is 8. The first-order chi connectivity index (χ1) is 18.7. The van der Waals surface area contributed by atoms with E-state index in [0.29, 0.717) is 35.1 Å². The molecule has 4 rings (SSSR count). The van der Waals surface area contributed by atoms with Gasteiger partial charge in [-0.25, -0.2) is 14.6 Å². The number of benzene rings is 2. The molecule has 0 spiro atoms. The first-order valence-corrected chi connectivity index (χ1v) is 12.8. The number of nitrogens with one attached hydrogen (secondary N) is 1. The molecule has 10 nitrogen and oxygen atoms in total. The number of H-pyrrole nitrogens is 1. The van der Waals surface area contributed by atoms with Gasteiger partial charge in [-0.2, -0.15) is 0 Å². The summed E-state index contributed by atoms with van der Waals surface area (Å²) in [5.41, 5.74) is 4.48. The molecule has 0 atom stereocenters. The average Bonchev–Trinajstić information content (AvgIpc) is 3.51. The maximum absolute atomic E-state index is 12.1. The Morgan fingerprint density at radius 3 is 2.31 bits per heavy atom. The number of methoxy groups -OCH3 is 2. The van der Waals surface area contributed by atoms with Gasteiger partial charge in [0.05, 0.1) is 26.4 Å². The van der Waals surface area contributed by atoms with Crippen LogP contribution in [-0.2, 0) is 9.53 Å². The quantitative estimate of drug-likeness (QED) is 0.154. The molecule has 2 aromatic heterocycles. The van der Waals surface area contributed by atoms with Gasteiger partial charge in [0.15, 0.2) is 5.82 Å². The molecule has 11 heteroatoms. The number of aryl methyl sites for hydroxylation is 1. The van der Waals surface area contributed by atoms with Crippen molar-refractivity contribution in [2.75, 3.05) is 20.8 Å². The SMILES string of the molecule is CCOC(=O)c1ccc(-n2c(C)cc(/C=C(\Sc3n[nH]c(-c4cc(OC)cc(OC)c4)n3)C(=O)O)c2C)cc1. The van der Waals surface area contributed by atoms with E-state index in [4.69, 9.17) is 14.2 Å². The molecule has 0 aliphatic rings. The lowest BCUT2D eigenvalue weighted by Crippen LogP contribution is -2.05. The molecule has 0 aliphatic carbocycles. The number of aromatic amines is 1. The van der Waals surface area contributed by atoms with Crippen LogP contribution in [-0.4, -0.2) is 57.6 Å². The number of nitrogens with zero attached hydrogens (tertiary/aromatic N) is 3. The van der Waals surface area contributed by atoms with Gasteiger partial charge < -0.3 is 23.9 Å². The number of carboxylic acid groups (broad SMARTS) is 1. The fourth-order valence-electron chi connectivity index (χ4n) is 4.03. The Morgan fingerprint density at radius 1 is 1.05 bits per heavy atom. The van der Waals surface area contributed by atoms with E-state index in [0.717, 1.165) is 34.4 Å². The minimum atomic E-state index is -1.10. The molecule has 0 saturated carbocycles. The number of carboxylic acids is 1. The predicted molar refractivity (Wildman–Crippen MR) is 148 cm³/mol. The summed E-state index contributed by atoms with van der Waals surface area (Å²) in [5.74, 6) is 0.151. The van der Waals surface area contributed by atoms with Crippen LogP contribution in [0.2, 0.25) is 0 Å². The summed E-state index contributed by atoms with van der Waals surface area (Å²) in [5, 5.41) is 17.2. The van der Waals surface area contributed by atoms with Gasteiger partial charge >= 0.3 is 11.9 Å². The number of thioether (sulfide) groups is 1. The molecular formula is C28H28N4O6S. The highest BCUT2D eigenvalue weighted by molar-refractivity contribution is 8.04. The smallest absolute Gasteiger partial charge is 0.342 e. The first kappa shape index (κ1) is 27.5. The number of carbonyl (C=O) groups is 2. The Hall–Kier alpha value is -4.51. The van der Waals surface area contributed by atoms with Crippen molar-refractivity contribution in [3.63, 3.8) is 0 Å². The second-order valence-electron chi connectivity index (χ2n) is 8.41. The summed E-state index contributed by atoms with van der Waals surface area (Å²) >= 11 is 0.941. The Bertz CT molecular complexity index is 1520. The molecule has 0 bridgehead atoms. The van der Waals surface area contributed by atoms with Gasteiger partial charge in [0.2, 0.25) is 5.16 Å². The highest BCUT2D eigenvalue weighted by atomic mass is 32.2. The standard InChI is InChI=1S/C28H28N4O6S/c1-6-38-27(35)18-7-9-21(10-8-18)32-16(2)11-19(17(32)3)14-24(26(33)34)39-28-29-25(30-31-28)20-12-22(36-4)15-23(13-20)37-5/h7-15H,6H2,1-5H3,(H,33,34)(H,29,30,31)/b24-14-. The molecule has 4 aromatic rings. The van der Waals surface area contributed by atoms with Gasteiger partial charge in [-0.3, -0.25) is 5.10 Å². The molecule has 0 aliphatic heterocycles. The Morgan fingerprint density at radius 2 is 1.72 bits per heavy atom. The molecule has 0 saturated heterocycles. The zero-order valence-corrected chi connectivity index (χ0v) is 23.0. The Kier molecular flexibility index (Phi) is 8.40. The molecular weight excluding hydrogens is 520 g/mol. The summed E-state index contributed by atoms with van der Waals surface area (Å²) in [6.07, 6.45) is 1.60. The summed E-state index contributed by atoms with van der Waals surface area (Å²) in [7, 11) is 3.11. The lowest BCUT2D eigenvalue weighted by atomic mass is 10.2. The van der Waals surface area contributed by atoms with E-state index < -0.39 is 5.97 Å². The molecule has 202 valence electrons. The van der Waals surface area contributed by atoms with Crippen LogP contribution >= 0.6 is 11.8 Å². The molecule has 2 N–H and O–H groups in total. The van der Waals surface area contributed by atoms with E-state index in [-0.39, 0.29) is 16.0 Å². The van der Waals surface area contributed by atoms with Gasteiger partial charge in [0.25, 0.3) is 0 Å². The van der Waals surface area contributed by atoms with Crippen molar-refractivity contribution in [2.24, 2.45) is 0 Å². The normalized spacial score (nSPS) is 11.4. The number of carbonyl (C=O) groups excluding carboxylic acids is 1. The summed E-state index contributed by atoms with van der Waals surface area (Å²) in [6, 6.07) is 14.3. The molecule has 2 heterocycles. The van der Waals surface area contributed by atoms with Crippen LogP contribution in [0.3, 0.4) is 0 Å². The van der Waals surface area contributed by atoms with Crippen molar-refractivity contribution in [1.82, 2.24) is 19.7 Å². The van der Waals surface area contributed by atoms with Crippen LogP contribution in [0.15, 0.2) is 58.6 Å². The average molecular weight is 549 g/mol. The molecule has 2 aromatic carbocycles. The monoisotopic (exact) mass is 548 g/mol. The highest BCUT2D eigenvalue weighted by Crippen LogP contribution is 2.32. The van der Waals surface area contributed by atoms with Gasteiger partial charge in [-0.05, 0) is 86.6 Å². The topological polar surface area (TPSA) is 129 Å². The second-order valence-corrected chi connectivity index (χ2v) is 9.42. The third kappa shape index (κ3) is 6.15. The van der Waals surface area contributed by atoms with Crippen molar-refractivity contribution in [1.29, 1.82) is 0 Å². The van der Waals surface area contributed by atoms with Gasteiger partial charge in [0, 0.05) is 28.7 Å². The number of esters is 1. The van der Waals surface area contributed by atoms with Crippen molar-refractivity contribution in [3.05, 3.63) is 76.0 Å². The van der Waals surface area contributed by atoms with Crippen molar-refractivity contribution in [2.45, 2.75) is 25.9 Å². The van der Waals surface area contributed by atoms with Crippen molar-refractivity contribution < 1.29 is 28.9 Å². The fraction of sp³-hybridized carbons (Fsp3) is 0.214. The Balaban J connectivity index is 1.61. The first-order valence-electron chi connectivity index (χ1n) is 12.0. The van der Waals surface area contributed by atoms with Gasteiger partial charge in [-0.15, -0.1) is 5.10 Å². The molecule has 0 radical (unpaired) electrons. The zero-order valence-electron chi connectivity index (χ0n) is 22.1. The van der Waals surface area contributed by atoms with Crippen LogP contribution in [0.5, 0.6) is 11.5 Å². The maximum Gasteiger partial charge on any atom is 0.342 e. The lowest BCUT2D eigenvalue weighted by Gasteiger charge is -2.10. The summed E-state index contributed by atoms with van der Waals surface area (Å²) in [6.45, 7) is 5.90. The molecule has 0 unspecified atom stereocenters. The van der Waals surface area contributed by atoms with E-state index in [2.05, 4.69) is 15.2 Å². The third-order valence-corrected chi connectivity index (χ3v) is 6.77. The number of ether oxygens (including phenoxy) is 3. The Labute approximate surface area is 229 Å². The fourth-order valence-corrected chi connectivity index (χ4v) is 4.73. The molecule has 0 amide bonds. The van der Waals surface area contributed by atoms with E-state index in [1.165, 1.54) is 0 Å². The van der Waals surface area contributed by atoms with E-state index in [1.807, 2.05) is 36.6 Å². The molecule has 39 heavy (non-hydrogen) atoms. The number of rotatable bonds is 10. The second kappa shape index (κ2) is 11.9. The largest absolute Gasteiger partial charge is 0.497 e. The van der Waals surface area contributed by atoms with E-state index in [9.17, 15) is 14.7 Å². The highest BCUT2D eigenvalue weighted by Gasteiger charge is 2.18. The van der Waals surface area contributed by atoms with E-state index >= 15 is 0 Å². The van der Waals surface area contributed by atoms with Crippen molar-refractivity contribution in [3.8, 4) is 28.6 Å². The third-order valence-electron chi connectivity index (χ3n) is 5.90. The van der Waals surface area contributed by atoms with E-state index in [1.54, 1.807) is 57.6 Å². The summed E-state index contributed by atoms with van der Waals surface area (Å²) < 4.78 is 17.7. The predicted octanol–water partition coefficient (Wildman–Crippen LogP) is 5.29. The summed E-state index contributed by atoms with van der Waals surface area (Å²) in [4.78, 5) is 28.6. The van der Waals surface area contributed by atoms with Crippen LogP contribution in [0.4, 0.5) is 0 Å².